The van der Waals surface area contributed by atoms with Crippen molar-refractivity contribution in [1.82, 2.24) is 9.80 Å². The van der Waals surface area contributed by atoms with E-state index >= 15 is 0 Å². The van der Waals surface area contributed by atoms with Gasteiger partial charge in [0.1, 0.15) is 5.75 Å². The van der Waals surface area contributed by atoms with Crippen LogP contribution in [0.25, 0.3) is 0 Å². The summed E-state index contributed by atoms with van der Waals surface area (Å²) in [6, 6.07) is 11.9. The number of carbonyl (C=O) groups is 2. The highest BCUT2D eigenvalue weighted by Gasteiger charge is 2.35. The van der Waals surface area contributed by atoms with Crippen LogP contribution in [0.1, 0.15) is 37.0 Å². The molecule has 1 atom stereocenters. The van der Waals surface area contributed by atoms with Crippen molar-refractivity contribution in [3.63, 3.8) is 0 Å². The molecule has 0 saturated carbocycles. The molecule has 1 fully saturated rings. The van der Waals surface area contributed by atoms with Crippen molar-refractivity contribution in [1.29, 1.82) is 0 Å². The summed E-state index contributed by atoms with van der Waals surface area (Å²) in [5.74, 6) is -0.194. The molecule has 0 aliphatic carbocycles. The second-order valence-electron chi connectivity index (χ2n) is 9.27. The molecular formula is C25H29F3N2O4. The molecule has 0 radical (unpaired) electrons. The highest BCUT2D eigenvalue weighted by Crippen LogP contribution is 2.30. The predicted molar refractivity (Wildman–Crippen MR) is 120 cm³/mol. The minimum absolute atomic E-state index is 0.0717. The number of aliphatic carboxylic acids is 1. The lowest BCUT2D eigenvalue weighted by Gasteiger charge is -2.19. The Morgan fingerprint density at radius 3 is 2.21 bits per heavy atom. The molecule has 34 heavy (non-hydrogen) atoms. The SMILES string of the molecule is CN1C(=O)N(Cc2ccc(C(F)(F)F)cc2)C[C@@H]1CCOc1ccc(CC(C)(C)C(=O)O)cc1. The number of carboxylic acid groups (broad SMARTS) is 1. The number of ether oxygens (including phenoxy) is 1. The maximum Gasteiger partial charge on any atom is 0.416 e. The van der Waals surface area contributed by atoms with Gasteiger partial charge in [-0.2, -0.15) is 13.2 Å². The third-order valence-corrected chi connectivity index (χ3v) is 6.07. The van der Waals surface area contributed by atoms with E-state index in [4.69, 9.17) is 4.74 Å². The molecule has 3 rings (SSSR count). The van der Waals surface area contributed by atoms with E-state index in [2.05, 4.69) is 0 Å². The molecule has 1 aliphatic heterocycles. The van der Waals surface area contributed by atoms with Crippen LogP contribution >= 0.6 is 0 Å². The molecule has 0 spiro atoms. The molecule has 2 aromatic carbocycles. The number of carbonyl (C=O) groups excluding carboxylic acids is 1. The molecule has 1 aliphatic rings. The Labute approximate surface area is 196 Å². The van der Waals surface area contributed by atoms with E-state index in [1.807, 2.05) is 12.1 Å². The van der Waals surface area contributed by atoms with Gasteiger partial charge in [-0.25, -0.2) is 4.79 Å². The number of carboxylic acids is 1. The summed E-state index contributed by atoms with van der Waals surface area (Å²) in [5.41, 5.74) is -0.0267. The van der Waals surface area contributed by atoms with Gasteiger partial charge in [0.25, 0.3) is 0 Å². The van der Waals surface area contributed by atoms with Gasteiger partial charge in [0, 0.05) is 26.6 Å². The average Bonchev–Trinajstić information content (AvgIpc) is 3.02. The van der Waals surface area contributed by atoms with E-state index in [9.17, 15) is 27.9 Å². The Hall–Kier alpha value is -3.23. The van der Waals surface area contributed by atoms with Crippen LogP contribution in [0.3, 0.4) is 0 Å². The normalized spacial score (nSPS) is 16.8. The Morgan fingerprint density at radius 1 is 1.06 bits per heavy atom. The predicted octanol–water partition coefficient (Wildman–Crippen LogP) is 5.06. The Bertz CT molecular complexity index is 1000. The molecule has 1 N–H and O–H groups in total. The number of benzene rings is 2. The number of halogens is 3. The van der Waals surface area contributed by atoms with Crippen LogP contribution in [0.15, 0.2) is 48.5 Å². The minimum Gasteiger partial charge on any atom is -0.494 e. The first-order valence-electron chi connectivity index (χ1n) is 11.0. The number of nitrogens with zero attached hydrogens (tertiary/aromatic N) is 2. The molecule has 2 aromatic rings. The van der Waals surface area contributed by atoms with Crippen molar-refractivity contribution in [3.05, 3.63) is 65.2 Å². The number of urea groups is 1. The molecule has 1 saturated heterocycles. The number of likely N-dealkylation sites (N-methyl/N-ethyl adjacent to an activating group) is 1. The number of amides is 2. The molecule has 6 nitrogen and oxygen atoms in total. The largest absolute Gasteiger partial charge is 0.494 e. The third kappa shape index (κ3) is 6.21. The summed E-state index contributed by atoms with van der Waals surface area (Å²) in [5, 5.41) is 9.26. The van der Waals surface area contributed by atoms with Crippen molar-refractivity contribution < 1.29 is 32.6 Å². The van der Waals surface area contributed by atoms with E-state index in [0.717, 1.165) is 17.7 Å². The summed E-state index contributed by atoms with van der Waals surface area (Å²) < 4.78 is 44.0. The van der Waals surface area contributed by atoms with Crippen molar-refractivity contribution >= 4 is 12.0 Å². The van der Waals surface area contributed by atoms with Crippen molar-refractivity contribution in [2.24, 2.45) is 5.41 Å². The summed E-state index contributed by atoms with van der Waals surface area (Å²) in [6.45, 7) is 4.45. The maximum atomic E-state index is 12.7. The molecule has 9 heteroatoms. The highest BCUT2D eigenvalue weighted by atomic mass is 19.4. The van der Waals surface area contributed by atoms with Crippen LogP contribution in [-0.4, -0.2) is 53.1 Å². The van der Waals surface area contributed by atoms with Gasteiger partial charge in [-0.1, -0.05) is 24.3 Å². The first-order valence-corrected chi connectivity index (χ1v) is 11.0. The zero-order chi connectivity index (χ0) is 25.1. The van der Waals surface area contributed by atoms with Crippen LogP contribution in [-0.2, 0) is 23.9 Å². The van der Waals surface area contributed by atoms with Crippen LogP contribution in [0.4, 0.5) is 18.0 Å². The lowest BCUT2D eigenvalue weighted by Crippen LogP contribution is -2.31. The smallest absolute Gasteiger partial charge is 0.416 e. The van der Waals surface area contributed by atoms with E-state index in [1.165, 1.54) is 12.1 Å². The number of hydrogen-bond donors (Lipinski definition) is 1. The van der Waals surface area contributed by atoms with E-state index in [1.54, 1.807) is 42.8 Å². The maximum absolute atomic E-state index is 12.7. The second-order valence-corrected chi connectivity index (χ2v) is 9.27. The molecule has 2 amide bonds. The lowest BCUT2D eigenvalue weighted by molar-refractivity contribution is -0.146. The molecule has 184 valence electrons. The number of hydrogen-bond acceptors (Lipinski definition) is 3. The quantitative estimate of drug-likeness (QED) is 0.547. The van der Waals surface area contributed by atoms with Gasteiger partial charge in [0.2, 0.25) is 0 Å². The number of rotatable bonds is 9. The summed E-state index contributed by atoms with van der Waals surface area (Å²) in [7, 11) is 1.71. The van der Waals surface area contributed by atoms with Gasteiger partial charge < -0.3 is 19.6 Å². The second kappa shape index (κ2) is 9.95. The minimum atomic E-state index is -4.39. The Morgan fingerprint density at radius 2 is 1.65 bits per heavy atom. The van der Waals surface area contributed by atoms with Crippen molar-refractivity contribution in [2.45, 2.75) is 45.5 Å². The Balaban J connectivity index is 1.49. The summed E-state index contributed by atoms with van der Waals surface area (Å²) >= 11 is 0. The van der Waals surface area contributed by atoms with Gasteiger partial charge in [-0.15, -0.1) is 0 Å². The third-order valence-electron chi connectivity index (χ3n) is 6.07. The fourth-order valence-electron chi connectivity index (χ4n) is 3.87. The highest BCUT2D eigenvalue weighted by molar-refractivity contribution is 5.77. The fourth-order valence-corrected chi connectivity index (χ4v) is 3.87. The van der Waals surface area contributed by atoms with Crippen LogP contribution in [0, 0.1) is 5.41 Å². The zero-order valence-corrected chi connectivity index (χ0v) is 19.4. The number of alkyl halides is 3. The lowest BCUT2D eigenvalue weighted by atomic mass is 9.86. The van der Waals surface area contributed by atoms with Gasteiger partial charge in [0.05, 0.1) is 23.6 Å². The molecule has 0 aromatic heterocycles. The first kappa shape index (κ1) is 25.4. The van der Waals surface area contributed by atoms with Crippen LogP contribution in [0.2, 0.25) is 0 Å². The average molecular weight is 479 g/mol. The topological polar surface area (TPSA) is 70.1 Å². The summed E-state index contributed by atoms with van der Waals surface area (Å²) in [4.78, 5) is 27.1. The molecular weight excluding hydrogens is 449 g/mol. The van der Waals surface area contributed by atoms with Crippen molar-refractivity contribution in [3.8, 4) is 5.75 Å². The van der Waals surface area contributed by atoms with Crippen molar-refractivity contribution in [2.75, 3.05) is 20.2 Å². The van der Waals surface area contributed by atoms with Crippen LogP contribution in [0.5, 0.6) is 5.75 Å². The fraction of sp³-hybridized carbons (Fsp3) is 0.440. The summed E-state index contributed by atoms with van der Waals surface area (Å²) in [6.07, 6.45) is -3.38. The van der Waals surface area contributed by atoms with Gasteiger partial charge >= 0.3 is 18.2 Å². The van der Waals surface area contributed by atoms with Gasteiger partial charge in [-0.3, -0.25) is 4.79 Å². The van der Waals surface area contributed by atoms with Gasteiger partial charge in [-0.05, 0) is 55.7 Å². The van der Waals surface area contributed by atoms with E-state index < -0.39 is 23.1 Å². The van der Waals surface area contributed by atoms with E-state index in [0.29, 0.717) is 37.3 Å². The first-order chi connectivity index (χ1) is 15.9. The standard InChI is InChI=1S/C25H29F3N2O4/c1-24(2,22(31)32)14-17-6-10-21(11-7-17)34-13-12-20-16-30(23(33)29(20)3)15-18-4-8-19(9-5-18)25(26,27)28/h4-11,20H,12-16H2,1-3H3,(H,31,32)/t20-/m0/s1. The molecule has 1 heterocycles. The Kier molecular flexibility index (Phi) is 7.43. The van der Waals surface area contributed by atoms with Crippen LogP contribution < -0.4 is 4.74 Å². The van der Waals surface area contributed by atoms with Gasteiger partial charge in [0.15, 0.2) is 0 Å². The molecule has 0 unspecified atom stereocenters. The zero-order valence-electron chi connectivity index (χ0n) is 19.4. The monoisotopic (exact) mass is 478 g/mol. The van der Waals surface area contributed by atoms with E-state index in [-0.39, 0.29) is 18.6 Å². The molecule has 0 bridgehead atoms.